The molecule has 1 atom stereocenters. The van der Waals surface area contributed by atoms with Crippen LogP contribution in [0.2, 0.25) is 0 Å². The number of hydrogen-bond acceptors (Lipinski definition) is 6. The first-order valence-electron chi connectivity index (χ1n) is 10.5. The predicted octanol–water partition coefficient (Wildman–Crippen LogP) is 3.17. The molecule has 4 aromatic rings. The number of carboxylic acid groups (broad SMARTS) is 1. The first kappa shape index (κ1) is 20.8. The van der Waals surface area contributed by atoms with Gasteiger partial charge in [0.2, 0.25) is 0 Å². The van der Waals surface area contributed by atoms with Crippen molar-refractivity contribution in [2.75, 3.05) is 26.2 Å². The monoisotopic (exact) mass is 446 g/mol. The van der Waals surface area contributed by atoms with Crippen LogP contribution in [0.4, 0.5) is 4.79 Å². The maximum Gasteiger partial charge on any atom is 0.339 e. The summed E-state index contributed by atoms with van der Waals surface area (Å²) in [6, 6.07) is 9.91. The number of urea groups is 1. The summed E-state index contributed by atoms with van der Waals surface area (Å²) in [4.78, 5) is 31.5. The molecule has 4 N–H and O–H groups in total. The third kappa shape index (κ3) is 3.42. The second-order valence-corrected chi connectivity index (χ2v) is 8.01. The Kier molecular flexibility index (Phi) is 5.10. The minimum Gasteiger partial charge on any atom is -0.507 e. The zero-order valence-corrected chi connectivity index (χ0v) is 17.6. The SMILES string of the molecule is NC(=O)N1CCN(C(c2ccncc2)c2c(O)c3ccccc3c3occ(C(=O)O)c23)CC1. The van der Waals surface area contributed by atoms with Crippen LogP contribution in [0.5, 0.6) is 5.75 Å². The molecule has 9 heteroatoms. The lowest BCUT2D eigenvalue weighted by Crippen LogP contribution is -2.51. The number of amides is 2. The topological polar surface area (TPSA) is 133 Å². The number of nitrogens with two attached hydrogens (primary N) is 1. The van der Waals surface area contributed by atoms with Crippen molar-refractivity contribution < 1.29 is 24.2 Å². The molecule has 3 heterocycles. The Balaban J connectivity index is 1.79. The van der Waals surface area contributed by atoms with Crippen LogP contribution < -0.4 is 5.73 Å². The van der Waals surface area contributed by atoms with E-state index in [1.165, 1.54) is 6.26 Å². The predicted molar refractivity (Wildman–Crippen MR) is 121 cm³/mol. The number of aromatic nitrogens is 1. The van der Waals surface area contributed by atoms with Crippen molar-refractivity contribution in [1.82, 2.24) is 14.8 Å². The number of benzene rings is 2. The Labute approximate surface area is 188 Å². The molecule has 0 aliphatic carbocycles. The fourth-order valence-corrected chi connectivity index (χ4v) is 4.70. The van der Waals surface area contributed by atoms with Crippen LogP contribution in [0.25, 0.3) is 21.7 Å². The van der Waals surface area contributed by atoms with E-state index in [9.17, 15) is 19.8 Å². The van der Waals surface area contributed by atoms with Gasteiger partial charge in [0.05, 0.1) is 6.04 Å². The van der Waals surface area contributed by atoms with Crippen LogP contribution in [-0.2, 0) is 0 Å². The number of pyridine rings is 1. The number of nitrogens with zero attached hydrogens (tertiary/aromatic N) is 3. The van der Waals surface area contributed by atoms with Crippen molar-refractivity contribution in [3.8, 4) is 5.75 Å². The van der Waals surface area contributed by atoms with E-state index in [0.717, 1.165) is 5.56 Å². The average Bonchev–Trinajstić information content (AvgIpc) is 3.28. The number of carbonyl (C=O) groups is 2. The highest BCUT2D eigenvalue weighted by molar-refractivity contribution is 6.15. The van der Waals surface area contributed by atoms with Crippen molar-refractivity contribution in [3.63, 3.8) is 0 Å². The quantitative estimate of drug-likeness (QED) is 0.438. The largest absolute Gasteiger partial charge is 0.507 e. The Morgan fingerprint density at radius 1 is 1.03 bits per heavy atom. The summed E-state index contributed by atoms with van der Waals surface area (Å²) in [6.07, 6.45) is 4.53. The third-order valence-corrected chi connectivity index (χ3v) is 6.26. The summed E-state index contributed by atoms with van der Waals surface area (Å²) in [7, 11) is 0. The second-order valence-electron chi connectivity index (χ2n) is 8.01. The van der Waals surface area contributed by atoms with Crippen LogP contribution >= 0.6 is 0 Å². The van der Waals surface area contributed by atoms with Gasteiger partial charge >= 0.3 is 12.0 Å². The zero-order valence-electron chi connectivity index (χ0n) is 17.6. The maximum atomic E-state index is 12.1. The molecule has 1 unspecified atom stereocenters. The molecule has 2 aromatic carbocycles. The van der Waals surface area contributed by atoms with Gasteiger partial charge in [-0.15, -0.1) is 0 Å². The van der Waals surface area contributed by atoms with Gasteiger partial charge in [-0.05, 0) is 17.7 Å². The summed E-state index contributed by atoms with van der Waals surface area (Å²) < 4.78 is 5.75. The molecule has 9 nitrogen and oxygen atoms in total. The van der Waals surface area contributed by atoms with Gasteiger partial charge in [-0.3, -0.25) is 9.88 Å². The number of aromatic hydroxyl groups is 1. The highest BCUT2D eigenvalue weighted by Crippen LogP contribution is 2.46. The van der Waals surface area contributed by atoms with Crippen molar-refractivity contribution in [3.05, 3.63) is 71.7 Å². The normalized spacial score (nSPS) is 15.7. The second kappa shape index (κ2) is 8.10. The molecule has 1 fully saturated rings. The van der Waals surface area contributed by atoms with Crippen LogP contribution in [-0.4, -0.2) is 63.2 Å². The first-order chi connectivity index (χ1) is 16.0. The number of fused-ring (bicyclic) bond motifs is 3. The van der Waals surface area contributed by atoms with E-state index < -0.39 is 18.0 Å². The van der Waals surface area contributed by atoms with Gasteiger partial charge < -0.3 is 25.3 Å². The van der Waals surface area contributed by atoms with Crippen LogP contribution in [0.3, 0.4) is 0 Å². The lowest BCUT2D eigenvalue weighted by molar-refractivity contribution is 0.0697. The van der Waals surface area contributed by atoms with E-state index in [-0.39, 0.29) is 11.3 Å². The molecular formula is C24H22N4O5. The molecule has 1 aliphatic heterocycles. The molecule has 0 bridgehead atoms. The molecule has 2 amide bonds. The van der Waals surface area contributed by atoms with Crippen molar-refractivity contribution in [1.29, 1.82) is 0 Å². The van der Waals surface area contributed by atoms with E-state index in [4.69, 9.17) is 10.2 Å². The number of hydrogen-bond donors (Lipinski definition) is 3. The number of aromatic carboxylic acids is 1. The third-order valence-electron chi connectivity index (χ3n) is 6.26. The molecule has 1 aliphatic rings. The van der Waals surface area contributed by atoms with Crippen LogP contribution in [0.1, 0.15) is 27.5 Å². The smallest absolute Gasteiger partial charge is 0.339 e. The highest BCUT2D eigenvalue weighted by atomic mass is 16.4. The number of phenolic OH excluding ortho intramolecular Hbond substituents is 1. The summed E-state index contributed by atoms with van der Waals surface area (Å²) in [5.74, 6) is -1.14. The van der Waals surface area contributed by atoms with Crippen molar-refractivity contribution in [2.45, 2.75) is 6.04 Å². The van der Waals surface area contributed by atoms with Crippen molar-refractivity contribution >= 4 is 33.7 Å². The van der Waals surface area contributed by atoms with E-state index >= 15 is 0 Å². The molecule has 2 aromatic heterocycles. The van der Waals surface area contributed by atoms with Gasteiger partial charge in [0.15, 0.2) is 0 Å². The molecule has 168 valence electrons. The number of carboxylic acids is 1. The molecule has 0 saturated carbocycles. The van der Waals surface area contributed by atoms with Crippen molar-refractivity contribution in [2.24, 2.45) is 5.73 Å². The van der Waals surface area contributed by atoms with Crippen LogP contribution in [0.15, 0.2) is 59.5 Å². The lowest BCUT2D eigenvalue weighted by Gasteiger charge is -2.39. The van der Waals surface area contributed by atoms with Gasteiger partial charge in [-0.2, -0.15) is 0 Å². The Hall–Kier alpha value is -4.11. The van der Waals surface area contributed by atoms with Crippen LogP contribution in [0, 0.1) is 0 Å². The number of rotatable bonds is 4. The van der Waals surface area contributed by atoms with E-state index in [1.54, 1.807) is 29.4 Å². The summed E-state index contributed by atoms with van der Waals surface area (Å²) in [5.41, 5.74) is 7.13. The van der Waals surface area contributed by atoms with E-state index in [1.807, 2.05) is 24.3 Å². The number of furan rings is 1. The standard InChI is InChI=1S/C24H22N4O5/c25-24(32)28-11-9-27(10-12-28)20(14-5-7-26-8-6-14)19-18-17(23(30)31)13-33-22(18)16-4-2-1-3-15(16)21(19)29/h1-8,13,20,29H,9-12H2,(H2,25,32)(H,30,31). The minimum absolute atomic E-state index is 0.00106. The van der Waals surface area contributed by atoms with Gasteiger partial charge in [0.25, 0.3) is 0 Å². The highest BCUT2D eigenvalue weighted by Gasteiger charge is 2.34. The molecule has 0 radical (unpaired) electrons. The number of phenols is 1. The molecule has 0 spiro atoms. The maximum absolute atomic E-state index is 12.1. The molecular weight excluding hydrogens is 424 g/mol. The van der Waals surface area contributed by atoms with Gasteiger partial charge in [0, 0.05) is 60.3 Å². The molecule has 33 heavy (non-hydrogen) atoms. The Bertz CT molecular complexity index is 1360. The Morgan fingerprint density at radius 3 is 2.33 bits per heavy atom. The number of piperazine rings is 1. The summed E-state index contributed by atoms with van der Waals surface area (Å²) in [5, 5.41) is 23.0. The molecule has 1 saturated heterocycles. The summed E-state index contributed by atoms with van der Waals surface area (Å²) >= 11 is 0. The molecule has 5 rings (SSSR count). The average molecular weight is 446 g/mol. The Morgan fingerprint density at radius 2 is 1.70 bits per heavy atom. The summed E-state index contributed by atoms with van der Waals surface area (Å²) in [6.45, 7) is 1.82. The van der Waals surface area contributed by atoms with E-state index in [0.29, 0.717) is 53.5 Å². The van der Waals surface area contributed by atoms with E-state index in [2.05, 4.69) is 9.88 Å². The van der Waals surface area contributed by atoms with Gasteiger partial charge in [-0.25, -0.2) is 9.59 Å². The number of carbonyl (C=O) groups excluding carboxylic acids is 1. The number of primary amides is 1. The minimum atomic E-state index is -1.14. The zero-order chi connectivity index (χ0) is 23.1. The fraction of sp³-hybridized carbons (Fsp3) is 0.208. The first-order valence-corrected chi connectivity index (χ1v) is 10.5. The lowest BCUT2D eigenvalue weighted by atomic mass is 9.89. The van der Waals surface area contributed by atoms with Gasteiger partial charge in [-0.1, -0.05) is 24.3 Å². The van der Waals surface area contributed by atoms with Gasteiger partial charge in [0.1, 0.15) is 23.2 Å². The fourth-order valence-electron chi connectivity index (χ4n) is 4.70.